The van der Waals surface area contributed by atoms with Crippen LogP contribution in [0.4, 0.5) is 13.2 Å². The molecule has 0 unspecified atom stereocenters. The number of carbonyl (C=O) groups excluding carboxylic acids is 1. The van der Waals surface area contributed by atoms with Crippen LogP contribution < -0.4 is 4.74 Å². The molecule has 88 valence electrons. The van der Waals surface area contributed by atoms with Crippen LogP contribution in [-0.4, -0.2) is 12.1 Å². The first-order valence-electron chi connectivity index (χ1n) is 4.58. The number of aryl methyl sites for hydroxylation is 2. The Kier molecular flexibility index (Phi) is 3.26. The molecule has 16 heavy (non-hydrogen) atoms. The zero-order chi connectivity index (χ0) is 12.5. The molecule has 0 N–H and O–H groups in total. The average Bonchev–Trinajstić information content (AvgIpc) is 2.11. The topological polar surface area (TPSA) is 26.3 Å². The molecule has 2 nitrogen and oxygen atoms in total. The maximum Gasteiger partial charge on any atom is 0.491 e. The molecule has 0 aliphatic rings. The third-order valence-corrected chi connectivity index (χ3v) is 2.20. The summed E-state index contributed by atoms with van der Waals surface area (Å²) >= 11 is 0. The van der Waals surface area contributed by atoms with Crippen molar-refractivity contribution in [3.8, 4) is 5.75 Å². The van der Waals surface area contributed by atoms with Gasteiger partial charge in [-0.05, 0) is 43.5 Å². The SMILES string of the molecule is Cc1cc(C)c(C)c(OC(=O)C(F)(F)F)c1. The highest BCUT2D eigenvalue weighted by atomic mass is 19.4. The average molecular weight is 232 g/mol. The van der Waals surface area contributed by atoms with Crippen LogP contribution >= 0.6 is 0 Å². The molecule has 1 rings (SSSR count). The van der Waals surface area contributed by atoms with Gasteiger partial charge < -0.3 is 4.74 Å². The zero-order valence-corrected chi connectivity index (χ0v) is 9.11. The van der Waals surface area contributed by atoms with Gasteiger partial charge in [0.2, 0.25) is 0 Å². The lowest BCUT2D eigenvalue weighted by molar-refractivity contribution is -0.189. The number of esters is 1. The molecule has 0 amide bonds. The number of carbonyl (C=O) groups is 1. The molecule has 0 aromatic heterocycles. The van der Waals surface area contributed by atoms with Crippen molar-refractivity contribution >= 4 is 5.97 Å². The first kappa shape index (κ1) is 12.5. The largest absolute Gasteiger partial charge is 0.491 e. The Hall–Kier alpha value is -1.52. The molecule has 0 spiro atoms. The van der Waals surface area contributed by atoms with Gasteiger partial charge in [-0.25, -0.2) is 4.79 Å². The maximum absolute atomic E-state index is 12.0. The number of benzene rings is 1. The van der Waals surface area contributed by atoms with Gasteiger partial charge in [-0.1, -0.05) is 6.07 Å². The van der Waals surface area contributed by atoms with Crippen molar-refractivity contribution in [1.82, 2.24) is 0 Å². The highest BCUT2D eigenvalue weighted by Crippen LogP contribution is 2.26. The quantitative estimate of drug-likeness (QED) is 0.549. The molecule has 5 heteroatoms. The fraction of sp³-hybridized carbons (Fsp3) is 0.364. The summed E-state index contributed by atoms with van der Waals surface area (Å²) < 4.78 is 40.3. The van der Waals surface area contributed by atoms with E-state index in [1.54, 1.807) is 26.8 Å². The Morgan fingerprint density at radius 3 is 2.25 bits per heavy atom. The molecular formula is C11H11F3O2. The minimum atomic E-state index is -4.97. The van der Waals surface area contributed by atoms with E-state index in [0.29, 0.717) is 5.56 Å². The van der Waals surface area contributed by atoms with E-state index < -0.39 is 12.1 Å². The summed E-state index contributed by atoms with van der Waals surface area (Å²) in [5.41, 5.74) is 2.06. The van der Waals surface area contributed by atoms with Crippen molar-refractivity contribution < 1.29 is 22.7 Å². The normalized spacial score (nSPS) is 11.4. The van der Waals surface area contributed by atoms with Crippen LogP contribution in [0, 0.1) is 20.8 Å². The van der Waals surface area contributed by atoms with Gasteiger partial charge in [0.05, 0.1) is 0 Å². The maximum atomic E-state index is 12.0. The second kappa shape index (κ2) is 4.15. The minimum absolute atomic E-state index is 0.0418. The molecular weight excluding hydrogens is 221 g/mol. The molecule has 0 aliphatic heterocycles. The van der Waals surface area contributed by atoms with Crippen LogP contribution in [-0.2, 0) is 4.79 Å². The van der Waals surface area contributed by atoms with E-state index in [9.17, 15) is 18.0 Å². The number of hydrogen-bond acceptors (Lipinski definition) is 2. The second-order valence-electron chi connectivity index (χ2n) is 3.59. The molecule has 0 saturated carbocycles. The molecule has 0 aliphatic carbocycles. The molecule has 1 aromatic rings. The fourth-order valence-electron chi connectivity index (χ4n) is 1.26. The Morgan fingerprint density at radius 2 is 1.75 bits per heavy atom. The van der Waals surface area contributed by atoms with Crippen molar-refractivity contribution in [2.75, 3.05) is 0 Å². The van der Waals surface area contributed by atoms with E-state index in [0.717, 1.165) is 11.1 Å². The van der Waals surface area contributed by atoms with Crippen LogP contribution in [0.1, 0.15) is 16.7 Å². The predicted octanol–water partition coefficient (Wildman–Crippen LogP) is 3.08. The van der Waals surface area contributed by atoms with Crippen LogP contribution in [0.2, 0.25) is 0 Å². The summed E-state index contributed by atoms with van der Waals surface area (Å²) in [6, 6.07) is 3.21. The first-order chi connectivity index (χ1) is 7.21. The lowest BCUT2D eigenvalue weighted by Crippen LogP contribution is -2.28. The summed E-state index contributed by atoms with van der Waals surface area (Å²) in [6.45, 7) is 5.07. The summed E-state index contributed by atoms with van der Waals surface area (Å²) in [5.74, 6) is -2.24. The molecule has 1 aromatic carbocycles. The van der Waals surface area contributed by atoms with E-state index in [2.05, 4.69) is 4.74 Å². The number of halogens is 3. The van der Waals surface area contributed by atoms with E-state index in [1.165, 1.54) is 6.07 Å². The second-order valence-corrected chi connectivity index (χ2v) is 3.59. The Bertz CT molecular complexity index is 422. The van der Waals surface area contributed by atoms with Gasteiger partial charge in [0.15, 0.2) is 0 Å². The summed E-state index contributed by atoms with van der Waals surface area (Å²) in [5, 5.41) is 0. The highest BCUT2D eigenvalue weighted by molar-refractivity contribution is 5.78. The van der Waals surface area contributed by atoms with Gasteiger partial charge in [-0.2, -0.15) is 13.2 Å². The van der Waals surface area contributed by atoms with Crippen molar-refractivity contribution in [3.63, 3.8) is 0 Å². The van der Waals surface area contributed by atoms with E-state index in [4.69, 9.17) is 0 Å². The molecule has 0 fully saturated rings. The van der Waals surface area contributed by atoms with Crippen molar-refractivity contribution in [2.24, 2.45) is 0 Å². The third kappa shape index (κ3) is 2.74. The summed E-state index contributed by atoms with van der Waals surface area (Å²) in [7, 11) is 0. The van der Waals surface area contributed by atoms with Crippen molar-refractivity contribution in [1.29, 1.82) is 0 Å². The van der Waals surface area contributed by atoms with E-state index in [-0.39, 0.29) is 5.75 Å². The highest BCUT2D eigenvalue weighted by Gasteiger charge is 2.41. The summed E-state index contributed by atoms with van der Waals surface area (Å²) in [4.78, 5) is 10.7. The number of rotatable bonds is 1. The van der Waals surface area contributed by atoms with Crippen LogP contribution in [0.3, 0.4) is 0 Å². The fourth-order valence-corrected chi connectivity index (χ4v) is 1.26. The number of alkyl halides is 3. The molecule has 0 heterocycles. The lowest BCUT2D eigenvalue weighted by atomic mass is 10.1. The predicted molar refractivity (Wildman–Crippen MR) is 52.3 cm³/mol. The third-order valence-electron chi connectivity index (χ3n) is 2.20. The van der Waals surface area contributed by atoms with Gasteiger partial charge in [-0.3, -0.25) is 0 Å². The van der Waals surface area contributed by atoms with Crippen molar-refractivity contribution in [2.45, 2.75) is 26.9 Å². The van der Waals surface area contributed by atoms with Gasteiger partial charge >= 0.3 is 12.1 Å². The van der Waals surface area contributed by atoms with E-state index in [1.807, 2.05) is 0 Å². The Labute approximate surface area is 91.0 Å². The Morgan fingerprint density at radius 1 is 1.19 bits per heavy atom. The lowest BCUT2D eigenvalue weighted by Gasteiger charge is -2.11. The van der Waals surface area contributed by atoms with Gasteiger partial charge in [0.25, 0.3) is 0 Å². The molecule has 0 bridgehead atoms. The van der Waals surface area contributed by atoms with Crippen molar-refractivity contribution in [3.05, 3.63) is 28.8 Å². The molecule has 0 atom stereocenters. The smallest absolute Gasteiger partial charge is 0.420 e. The van der Waals surface area contributed by atoms with Gasteiger partial charge in [0.1, 0.15) is 5.75 Å². The van der Waals surface area contributed by atoms with Gasteiger partial charge in [0, 0.05) is 0 Å². The summed E-state index contributed by atoms with van der Waals surface area (Å²) in [6.07, 6.45) is -4.97. The monoisotopic (exact) mass is 232 g/mol. The zero-order valence-electron chi connectivity index (χ0n) is 9.11. The van der Waals surface area contributed by atoms with Gasteiger partial charge in [-0.15, -0.1) is 0 Å². The van der Waals surface area contributed by atoms with Crippen LogP contribution in [0.25, 0.3) is 0 Å². The van der Waals surface area contributed by atoms with Crippen LogP contribution in [0.5, 0.6) is 5.75 Å². The Balaban J connectivity index is 3.03. The first-order valence-corrected chi connectivity index (χ1v) is 4.58. The number of ether oxygens (including phenoxy) is 1. The van der Waals surface area contributed by atoms with E-state index >= 15 is 0 Å². The molecule has 0 saturated heterocycles. The molecule has 0 radical (unpaired) electrons. The number of hydrogen-bond donors (Lipinski definition) is 0. The standard InChI is InChI=1S/C11H11F3O2/c1-6-4-7(2)8(3)9(5-6)16-10(15)11(12,13)14/h4-5H,1-3H3. The minimum Gasteiger partial charge on any atom is -0.420 e. The van der Waals surface area contributed by atoms with Crippen LogP contribution in [0.15, 0.2) is 12.1 Å².